The maximum absolute atomic E-state index is 13.6. The third-order valence-electron chi connectivity index (χ3n) is 3.24. The van der Waals surface area contributed by atoms with E-state index in [9.17, 15) is 4.39 Å². The van der Waals surface area contributed by atoms with Crippen LogP contribution in [-0.4, -0.2) is 9.55 Å². The summed E-state index contributed by atoms with van der Waals surface area (Å²) >= 11 is 5.32. The minimum atomic E-state index is -0.212. The standard InChI is InChI=1S/C15H13FN2S/c1-10-7-14-13(8-12(10)16)17-15(19)18(14)9-11-5-3-2-4-6-11/h2-8H,9H2,1H3,(H,17,19). The van der Waals surface area contributed by atoms with E-state index in [1.165, 1.54) is 11.6 Å². The lowest BCUT2D eigenvalue weighted by molar-refractivity contribution is 0.620. The number of H-pyrrole nitrogens is 1. The summed E-state index contributed by atoms with van der Waals surface area (Å²) in [6.45, 7) is 2.45. The fourth-order valence-electron chi connectivity index (χ4n) is 2.20. The van der Waals surface area contributed by atoms with Gasteiger partial charge in [0.15, 0.2) is 4.77 Å². The fourth-order valence-corrected chi connectivity index (χ4v) is 2.48. The van der Waals surface area contributed by atoms with Crippen molar-refractivity contribution in [3.8, 4) is 0 Å². The Bertz CT molecular complexity index is 787. The number of aromatic nitrogens is 2. The molecule has 3 aromatic rings. The molecule has 0 spiro atoms. The van der Waals surface area contributed by atoms with Gasteiger partial charge in [-0.3, -0.25) is 0 Å². The molecule has 0 unspecified atom stereocenters. The van der Waals surface area contributed by atoms with Crippen LogP contribution in [0.1, 0.15) is 11.1 Å². The molecule has 1 N–H and O–H groups in total. The lowest BCUT2D eigenvalue weighted by atomic mass is 10.2. The molecule has 2 aromatic carbocycles. The number of hydrogen-bond acceptors (Lipinski definition) is 1. The molecule has 1 aromatic heterocycles. The average Bonchev–Trinajstić information content (AvgIpc) is 2.68. The van der Waals surface area contributed by atoms with Crippen LogP contribution in [-0.2, 0) is 6.54 Å². The predicted octanol–water partition coefficient (Wildman–Crippen LogP) is 4.19. The Labute approximate surface area is 115 Å². The highest BCUT2D eigenvalue weighted by molar-refractivity contribution is 7.71. The molecular formula is C15H13FN2S. The molecule has 0 saturated heterocycles. The van der Waals surface area contributed by atoms with Crippen LogP contribution in [0.3, 0.4) is 0 Å². The van der Waals surface area contributed by atoms with Crippen molar-refractivity contribution in [1.29, 1.82) is 0 Å². The van der Waals surface area contributed by atoms with Crippen LogP contribution in [0.15, 0.2) is 42.5 Å². The number of fused-ring (bicyclic) bond motifs is 1. The van der Waals surface area contributed by atoms with Gasteiger partial charge < -0.3 is 9.55 Å². The minimum Gasteiger partial charge on any atom is -0.330 e. The summed E-state index contributed by atoms with van der Waals surface area (Å²) in [5.41, 5.74) is 3.47. The van der Waals surface area contributed by atoms with E-state index in [1.54, 1.807) is 6.92 Å². The van der Waals surface area contributed by atoms with E-state index in [4.69, 9.17) is 12.2 Å². The van der Waals surface area contributed by atoms with Gasteiger partial charge in [0.1, 0.15) is 5.82 Å². The molecule has 0 saturated carbocycles. The van der Waals surface area contributed by atoms with Crippen molar-refractivity contribution < 1.29 is 4.39 Å². The predicted molar refractivity (Wildman–Crippen MR) is 77.4 cm³/mol. The van der Waals surface area contributed by atoms with Crippen LogP contribution in [0.2, 0.25) is 0 Å². The molecule has 0 fully saturated rings. The SMILES string of the molecule is Cc1cc2c(cc1F)[nH]c(=S)n2Cc1ccccc1. The summed E-state index contributed by atoms with van der Waals surface area (Å²) in [4.78, 5) is 3.05. The molecule has 0 radical (unpaired) electrons. The molecule has 0 bridgehead atoms. The summed E-state index contributed by atoms with van der Waals surface area (Å²) in [5, 5.41) is 0. The summed E-state index contributed by atoms with van der Waals surface area (Å²) in [6.07, 6.45) is 0. The van der Waals surface area contributed by atoms with Crippen LogP contribution in [0, 0.1) is 17.5 Å². The van der Waals surface area contributed by atoms with Gasteiger partial charge in [0.25, 0.3) is 0 Å². The topological polar surface area (TPSA) is 20.7 Å². The zero-order chi connectivity index (χ0) is 13.4. The highest BCUT2D eigenvalue weighted by Gasteiger charge is 2.08. The maximum Gasteiger partial charge on any atom is 0.178 e. The van der Waals surface area contributed by atoms with E-state index in [1.807, 2.05) is 28.8 Å². The number of hydrogen-bond donors (Lipinski definition) is 1. The highest BCUT2D eigenvalue weighted by Crippen LogP contribution is 2.20. The first-order valence-electron chi connectivity index (χ1n) is 6.08. The largest absolute Gasteiger partial charge is 0.330 e. The summed E-state index contributed by atoms with van der Waals surface area (Å²) < 4.78 is 16.2. The van der Waals surface area contributed by atoms with Crippen LogP contribution in [0.5, 0.6) is 0 Å². The van der Waals surface area contributed by atoms with Gasteiger partial charge in [0.05, 0.1) is 17.6 Å². The smallest absolute Gasteiger partial charge is 0.178 e. The number of benzene rings is 2. The van der Waals surface area contributed by atoms with E-state index in [0.29, 0.717) is 16.9 Å². The number of rotatable bonds is 2. The van der Waals surface area contributed by atoms with Crippen LogP contribution >= 0.6 is 12.2 Å². The zero-order valence-corrected chi connectivity index (χ0v) is 11.3. The number of aromatic amines is 1. The molecule has 2 nitrogen and oxygen atoms in total. The molecular weight excluding hydrogens is 259 g/mol. The lowest BCUT2D eigenvalue weighted by Crippen LogP contribution is -1.99. The van der Waals surface area contributed by atoms with Gasteiger partial charge >= 0.3 is 0 Å². The highest BCUT2D eigenvalue weighted by atomic mass is 32.1. The number of nitrogens with one attached hydrogen (secondary N) is 1. The molecule has 19 heavy (non-hydrogen) atoms. The molecule has 0 aliphatic heterocycles. The molecule has 0 aliphatic rings. The van der Waals surface area contributed by atoms with Crippen molar-refractivity contribution >= 4 is 23.3 Å². The first kappa shape index (κ1) is 12.1. The van der Waals surface area contributed by atoms with Gasteiger partial charge in [-0.05, 0) is 42.4 Å². The van der Waals surface area contributed by atoms with Gasteiger partial charge in [-0.2, -0.15) is 0 Å². The number of nitrogens with zero attached hydrogens (tertiary/aromatic N) is 1. The van der Waals surface area contributed by atoms with Crippen molar-refractivity contribution in [2.24, 2.45) is 0 Å². The lowest BCUT2D eigenvalue weighted by Gasteiger charge is -2.05. The van der Waals surface area contributed by atoms with E-state index in [2.05, 4.69) is 17.1 Å². The summed E-state index contributed by atoms with van der Waals surface area (Å²) in [5.74, 6) is -0.212. The van der Waals surface area contributed by atoms with Crippen LogP contribution < -0.4 is 0 Å². The van der Waals surface area contributed by atoms with Gasteiger partial charge in [-0.25, -0.2) is 4.39 Å². The molecule has 0 atom stereocenters. The second-order valence-corrected chi connectivity index (χ2v) is 5.01. The number of imidazole rings is 1. The molecule has 1 heterocycles. The zero-order valence-electron chi connectivity index (χ0n) is 10.5. The monoisotopic (exact) mass is 272 g/mol. The summed E-state index contributed by atoms with van der Waals surface area (Å²) in [7, 11) is 0. The maximum atomic E-state index is 13.6. The Balaban J connectivity index is 2.16. The van der Waals surface area contributed by atoms with Crippen LogP contribution in [0.4, 0.5) is 4.39 Å². The molecule has 0 amide bonds. The minimum absolute atomic E-state index is 0.212. The van der Waals surface area contributed by atoms with E-state index in [-0.39, 0.29) is 5.82 Å². The fraction of sp³-hybridized carbons (Fsp3) is 0.133. The Kier molecular flexibility index (Phi) is 2.95. The second kappa shape index (κ2) is 4.63. The quantitative estimate of drug-likeness (QED) is 0.694. The third kappa shape index (κ3) is 2.19. The Morgan fingerprint density at radius 3 is 2.68 bits per heavy atom. The Morgan fingerprint density at radius 1 is 1.21 bits per heavy atom. The first-order chi connectivity index (χ1) is 9.15. The van der Waals surface area contributed by atoms with Gasteiger partial charge in [0.2, 0.25) is 0 Å². The third-order valence-corrected chi connectivity index (χ3v) is 3.56. The molecule has 96 valence electrons. The van der Waals surface area contributed by atoms with E-state index in [0.717, 1.165) is 11.0 Å². The summed E-state index contributed by atoms with van der Waals surface area (Å²) in [6, 6.07) is 13.4. The molecule has 3 rings (SSSR count). The Morgan fingerprint density at radius 2 is 1.95 bits per heavy atom. The van der Waals surface area contributed by atoms with Gasteiger partial charge in [0, 0.05) is 0 Å². The molecule has 0 aliphatic carbocycles. The second-order valence-electron chi connectivity index (χ2n) is 4.62. The van der Waals surface area contributed by atoms with Crippen molar-refractivity contribution in [2.45, 2.75) is 13.5 Å². The normalized spacial score (nSPS) is 11.1. The number of halogens is 1. The van der Waals surface area contributed by atoms with Crippen molar-refractivity contribution in [3.05, 3.63) is 64.2 Å². The van der Waals surface area contributed by atoms with Gasteiger partial charge in [-0.15, -0.1) is 0 Å². The van der Waals surface area contributed by atoms with Crippen molar-refractivity contribution in [2.75, 3.05) is 0 Å². The van der Waals surface area contributed by atoms with Gasteiger partial charge in [-0.1, -0.05) is 30.3 Å². The van der Waals surface area contributed by atoms with Crippen molar-refractivity contribution in [1.82, 2.24) is 9.55 Å². The first-order valence-corrected chi connectivity index (χ1v) is 6.48. The van der Waals surface area contributed by atoms with E-state index >= 15 is 0 Å². The number of aryl methyl sites for hydroxylation is 1. The van der Waals surface area contributed by atoms with Crippen LogP contribution in [0.25, 0.3) is 11.0 Å². The molecule has 4 heteroatoms. The van der Waals surface area contributed by atoms with Crippen molar-refractivity contribution in [3.63, 3.8) is 0 Å². The van der Waals surface area contributed by atoms with E-state index < -0.39 is 0 Å². The average molecular weight is 272 g/mol. The Hall–Kier alpha value is -1.94.